The third kappa shape index (κ3) is 3.35. The van der Waals surface area contributed by atoms with Crippen molar-refractivity contribution < 1.29 is 14.6 Å². The number of nitrogens with one attached hydrogen (secondary N) is 1. The van der Waals surface area contributed by atoms with Crippen LogP contribution in [0, 0.1) is 0 Å². The molecule has 110 valence electrons. The van der Waals surface area contributed by atoms with Crippen LogP contribution in [0.5, 0.6) is 11.5 Å². The summed E-state index contributed by atoms with van der Waals surface area (Å²) in [5.41, 5.74) is 1.96. The van der Waals surface area contributed by atoms with Gasteiger partial charge in [-0.15, -0.1) is 0 Å². The molecule has 3 rings (SSSR count). The van der Waals surface area contributed by atoms with Crippen molar-refractivity contribution in [3.63, 3.8) is 0 Å². The first-order valence-electron chi connectivity index (χ1n) is 7.16. The average molecular weight is 285 g/mol. The first-order valence-corrected chi connectivity index (χ1v) is 7.16. The lowest BCUT2D eigenvalue weighted by atomic mass is 10.1. The molecule has 1 aliphatic heterocycles. The lowest BCUT2D eigenvalue weighted by molar-refractivity contribution is 0.166. The summed E-state index contributed by atoms with van der Waals surface area (Å²) in [6, 6.07) is 15.5. The van der Waals surface area contributed by atoms with Crippen LogP contribution >= 0.6 is 0 Å². The summed E-state index contributed by atoms with van der Waals surface area (Å²) in [7, 11) is 0. The molecule has 0 unspecified atom stereocenters. The highest BCUT2D eigenvalue weighted by molar-refractivity contribution is 5.47. The van der Waals surface area contributed by atoms with E-state index in [1.807, 2.05) is 48.5 Å². The Kier molecular flexibility index (Phi) is 4.38. The van der Waals surface area contributed by atoms with Crippen molar-refractivity contribution in [2.24, 2.45) is 0 Å². The van der Waals surface area contributed by atoms with Crippen LogP contribution in [-0.4, -0.2) is 24.9 Å². The number of rotatable bonds is 5. The van der Waals surface area contributed by atoms with E-state index >= 15 is 0 Å². The molecule has 0 aromatic heterocycles. The monoisotopic (exact) mass is 285 g/mol. The number of aliphatic hydroxyl groups excluding tert-OH is 1. The van der Waals surface area contributed by atoms with Crippen molar-refractivity contribution in [1.82, 2.24) is 5.32 Å². The van der Waals surface area contributed by atoms with Gasteiger partial charge < -0.3 is 19.9 Å². The van der Waals surface area contributed by atoms with Gasteiger partial charge in [0.05, 0.1) is 6.10 Å². The van der Waals surface area contributed by atoms with Crippen LogP contribution in [0.3, 0.4) is 0 Å². The molecule has 1 atom stereocenters. The maximum atomic E-state index is 10.1. The summed E-state index contributed by atoms with van der Waals surface area (Å²) >= 11 is 0. The molecule has 2 N–H and O–H groups in total. The van der Waals surface area contributed by atoms with Gasteiger partial charge in [0, 0.05) is 18.7 Å². The fourth-order valence-electron chi connectivity index (χ4n) is 2.41. The SMILES string of the molecule is O[C@@H](CNCc1cccc2c1OCCO2)c1ccccc1. The van der Waals surface area contributed by atoms with E-state index in [0.717, 1.165) is 22.6 Å². The van der Waals surface area contributed by atoms with Gasteiger partial charge in [0.15, 0.2) is 11.5 Å². The van der Waals surface area contributed by atoms with Crippen molar-refractivity contribution in [3.05, 3.63) is 59.7 Å². The highest BCUT2D eigenvalue weighted by Gasteiger charge is 2.15. The molecular weight excluding hydrogens is 266 g/mol. The van der Waals surface area contributed by atoms with Gasteiger partial charge in [-0.05, 0) is 11.6 Å². The molecule has 0 saturated carbocycles. The first-order chi connectivity index (χ1) is 10.3. The Bertz CT molecular complexity index is 586. The molecule has 2 aromatic rings. The zero-order valence-corrected chi connectivity index (χ0v) is 11.8. The van der Waals surface area contributed by atoms with Crippen LogP contribution in [0.2, 0.25) is 0 Å². The zero-order valence-electron chi connectivity index (χ0n) is 11.8. The lowest BCUT2D eigenvalue weighted by Gasteiger charge is -2.21. The third-order valence-corrected chi connectivity index (χ3v) is 3.49. The average Bonchev–Trinajstić information content (AvgIpc) is 2.56. The number of fused-ring (bicyclic) bond motifs is 1. The molecule has 1 aliphatic rings. The van der Waals surface area contributed by atoms with E-state index < -0.39 is 6.10 Å². The fourth-order valence-corrected chi connectivity index (χ4v) is 2.41. The van der Waals surface area contributed by atoms with Crippen molar-refractivity contribution >= 4 is 0 Å². The predicted molar refractivity (Wildman–Crippen MR) is 80.5 cm³/mol. The van der Waals surface area contributed by atoms with Crippen LogP contribution in [0.25, 0.3) is 0 Å². The second-order valence-corrected chi connectivity index (χ2v) is 5.00. The number of ether oxygens (including phenoxy) is 2. The maximum absolute atomic E-state index is 10.1. The van der Waals surface area contributed by atoms with Crippen LogP contribution in [0.1, 0.15) is 17.2 Å². The minimum Gasteiger partial charge on any atom is -0.486 e. The quantitative estimate of drug-likeness (QED) is 0.885. The fraction of sp³-hybridized carbons (Fsp3) is 0.294. The molecular formula is C17H19NO3. The van der Waals surface area contributed by atoms with E-state index in [1.54, 1.807) is 0 Å². The van der Waals surface area contributed by atoms with Gasteiger partial charge in [-0.1, -0.05) is 42.5 Å². The molecule has 1 heterocycles. The summed E-state index contributed by atoms with van der Waals surface area (Å²) in [5.74, 6) is 1.61. The number of benzene rings is 2. The third-order valence-electron chi connectivity index (χ3n) is 3.49. The summed E-state index contributed by atoms with van der Waals surface area (Å²) in [6.07, 6.45) is -0.511. The summed E-state index contributed by atoms with van der Waals surface area (Å²) in [6.45, 7) is 2.30. The van der Waals surface area contributed by atoms with Gasteiger partial charge in [0.1, 0.15) is 13.2 Å². The molecule has 0 saturated heterocycles. The van der Waals surface area contributed by atoms with Crippen LogP contribution < -0.4 is 14.8 Å². The van der Waals surface area contributed by atoms with Crippen LogP contribution in [0.15, 0.2) is 48.5 Å². The van der Waals surface area contributed by atoms with E-state index in [1.165, 1.54) is 0 Å². The standard InChI is InChI=1S/C17H19NO3/c19-15(13-5-2-1-3-6-13)12-18-11-14-7-4-8-16-17(14)21-10-9-20-16/h1-8,15,18-19H,9-12H2/t15-/m0/s1. The van der Waals surface area contributed by atoms with Crippen molar-refractivity contribution in [2.45, 2.75) is 12.6 Å². The Labute approximate surface area is 124 Å². The van der Waals surface area contributed by atoms with Gasteiger partial charge in [-0.25, -0.2) is 0 Å². The second-order valence-electron chi connectivity index (χ2n) is 5.00. The minimum atomic E-state index is -0.511. The lowest BCUT2D eigenvalue weighted by Crippen LogP contribution is -2.23. The minimum absolute atomic E-state index is 0.495. The largest absolute Gasteiger partial charge is 0.486 e. The van der Waals surface area contributed by atoms with E-state index in [-0.39, 0.29) is 0 Å². The Morgan fingerprint density at radius 2 is 1.81 bits per heavy atom. The Morgan fingerprint density at radius 3 is 2.67 bits per heavy atom. The zero-order chi connectivity index (χ0) is 14.5. The van der Waals surface area contributed by atoms with Crippen molar-refractivity contribution in [2.75, 3.05) is 19.8 Å². The molecule has 0 bridgehead atoms. The summed E-state index contributed by atoms with van der Waals surface area (Å²) < 4.78 is 11.2. The molecule has 0 aliphatic carbocycles. The van der Waals surface area contributed by atoms with E-state index in [9.17, 15) is 5.11 Å². The molecule has 0 radical (unpaired) electrons. The summed E-state index contributed by atoms with van der Waals surface area (Å²) in [5, 5.41) is 13.4. The molecule has 2 aromatic carbocycles. The number of para-hydroxylation sites is 1. The Hall–Kier alpha value is -2.04. The van der Waals surface area contributed by atoms with Crippen LogP contribution in [-0.2, 0) is 6.54 Å². The van der Waals surface area contributed by atoms with Gasteiger partial charge in [-0.3, -0.25) is 0 Å². The molecule has 21 heavy (non-hydrogen) atoms. The van der Waals surface area contributed by atoms with Gasteiger partial charge >= 0.3 is 0 Å². The van der Waals surface area contributed by atoms with E-state index in [4.69, 9.17) is 9.47 Å². The second kappa shape index (κ2) is 6.61. The Balaban J connectivity index is 1.59. The highest BCUT2D eigenvalue weighted by Crippen LogP contribution is 2.33. The Morgan fingerprint density at radius 1 is 1.00 bits per heavy atom. The van der Waals surface area contributed by atoms with Gasteiger partial charge in [-0.2, -0.15) is 0 Å². The highest BCUT2D eigenvalue weighted by atomic mass is 16.6. The summed E-state index contributed by atoms with van der Waals surface area (Å²) in [4.78, 5) is 0. The molecule has 0 amide bonds. The number of hydrogen-bond donors (Lipinski definition) is 2. The number of hydrogen-bond acceptors (Lipinski definition) is 4. The molecule has 4 heteroatoms. The normalized spacial score (nSPS) is 14.7. The van der Waals surface area contributed by atoms with Crippen LogP contribution in [0.4, 0.5) is 0 Å². The smallest absolute Gasteiger partial charge is 0.165 e. The number of aliphatic hydroxyl groups is 1. The topological polar surface area (TPSA) is 50.7 Å². The van der Waals surface area contributed by atoms with E-state index in [2.05, 4.69) is 5.32 Å². The first kappa shape index (κ1) is 13.9. The van der Waals surface area contributed by atoms with Crippen molar-refractivity contribution in [1.29, 1.82) is 0 Å². The molecule has 0 spiro atoms. The predicted octanol–water partition coefficient (Wildman–Crippen LogP) is 2.28. The van der Waals surface area contributed by atoms with Gasteiger partial charge in [0.25, 0.3) is 0 Å². The van der Waals surface area contributed by atoms with E-state index in [0.29, 0.717) is 26.3 Å². The molecule has 0 fully saturated rings. The van der Waals surface area contributed by atoms with Gasteiger partial charge in [0.2, 0.25) is 0 Å². The van der Waals surface area contributed by atoms with Crippen molar-refractivity contribution in [3.8, 4) is 11.5 Å². The maximum Gasteiger partial charge on any atom is 0.165 e. The molecule has 4 nitrogen and oxygen atoms in total.